The number of aryl methyl sites for hydroxylation is 1. The van der Waals surface area contributed by atoms with Crippen molar-refractivity contribution in [3.63, 3.8) is 0 Å². The van der Waals surface area contributed by atoms with Crippen LogP contribution in [-0.2, 0) is 13.1 Å². The highest BCUT2D eigenvalue weighted by atomic mass is 16.2. The maximum absolute atomic E-state index is 12.8. The Morgan fingerprint density at radius 3 is 2.48 bits per heavy atom. The normalized spacial score (nSPS) is 10.5. The zero-order valence-corrected chi connectivity index (χ0v) is 13.7. The molecule has 5 nitrogen and oxygen atoms in total. The second-order valence-corrected chi connectivity index (χ2v) is 5.49. The van der Waals surface area contributed by atoms with Gasteiger partial charge in [0.1, 0.15) is 5.69 Å². The second-order valence-electron chi connectivity index (χ2n) is 5.49. The zero-order chi connectivity index (χ0) is 16.7. The van der Waals surface area contributed by atoms with Gasteiger partial charge in [0.15, 0.2) is 0 Å². The first-order valence-corrected chi connectivity index (χ1v) is 8.07. The summed E-state index contributed by atoms with van der Waals surface area (Å²) in [5.41, 5.74) is 1.23. The predicted octanol–water partition coefficient (Wildman–Crippen LogP) is 2.71. The number of carbonyl (C=O) groups is 1. The number of carbonyl (C=O) groups excluding carboxylic acids is 1. The number of aromatic nitrogens is 2. The van der Waals surface area contributed by atoms with Crippen LogP contribution in [0.15, 0.2) is 47.3 Å². The van der Waals surface area contributed by atoms with Crippen LogP contribution < -0.4 is 5.56 Å². The highest BCUT2D eigenvalue weighted by Crippen LogP contribution is 2.09. The Morgan fingerprint density at radius 1 is 1.09 bits per heavy atom. The van der Waals surface area contributed by atoms with Gasteiger partial charge in [-0.1, -0.05) is 44.2 Å². The average Bonchev–Trinajstić information content (AvgIpc) is 2.57. The number of hydrogen-bond acceptors (Lipinski definition) is 3. The molecule has 0 unspecified atom stereocenters. The third-order valence-electron chi connectivity index (χ3n) is 3.52. The molecule has 1 aromatic carbocycles. The topological polar surface area (TPSA) is 55.2 Å². The van der Waals surface area contributed by atoms with E-state index in [4.69, 9.17) is 0 Å². The van der Waals surface area contributed by atoms with Crippen LogP contribution in [0.2, 0.25) is 0 Å². The highest BCUT2D eigenvalue weighted by Gasteiger charge is 2.17. The van der Waals surface area contributed by atoms with Gasteiger partial charge in [0.25, 0.3) is 11.5 Å². The van der Waals surface area contributed by atoms with E-state index in [-0.39, 0.29) is 11.5 Å². The first-order valence-electron chi connectivity index (χ1n) is 8.07. The van der Waals surface area contributed by atoms with E-state index in [0.717, 1.165) is 18.4 Å². The van der Waals surface area contributed by atoms with Crippen molar-refractivity contribution in [2.24, 2.45) is 0 Å². The molecule has 0 saturated carbocycles. The van der Waals surface area contributed by atoms with Gasteiger partial charge in [-0.15, -0.1) is 0 Å². The number of nitrogens with zero attached hydrogens (tertiary/aromatic N) is 3. The van der Waals surface area contributed by atoms with E-state index in [1.165, 1.54) is 16.8 Å². The van der Waals surface area contributed by atoms with Gasteiger partial charge in [0.05, 0.1) is 0 Å². The third-order valence-corrected chi connectivity index (χ3v) is 3.52. The summed E-state index contributed by atoms with van der Waals surface area (Å²) in [4.78, 5) is 26.3. The lowest BCUT2D eigenvalue weighted by molar-refractivity contribution is 0.0734. The van der Waals surface area contributed by atoms with Crippen molar-refractivity contribution in [2.45, 2.75) is 39.8 Å². The van der Waals surface area contributed by atoms with E-state index in [9.17, 15) is 9.59 Å². The van der Waals surface area contributed by atoms with Gasteiger partial charge in [-0.2, -0.15) is 5.10 Å². The molecule has 0 fully saturated rings. The van der Waals surface area contributed by atoms with Gasteiger partial charge >= 0.3 is 0 Å². The van der Waals surface area contributed by atoms with Gasteiger partial charge in [0, 0.05) is 25.7 Å². The Labute approximate surface area is 136 Å². The summed E-state index contributed by atoms with van der Waals surface area (Å²) in [7, 11) is 0. The average molecular weight is 313 g/mol. The predicted molar refractivity (Wildman–Crippen MR) is 90.3 cm³/mol. The molecule has 1 amide bonds. The van der Waals surface area contributed by atoms with Crippen molar-refractivity contribution < 1.29 is 4.79 Å². The molecule has 0 aliphatic heterocycles. The molecule has 0 aliphatic carbocycles. The summed E-state index contributed by atoms with van der Waals surface area (Å²) >= 11 is 0. The van der Waals surface area contributed by atoms with E-state index < -0.39 is 0 Å². The Balaban J connectivity index is 2.23. The van der Waals surface area contributed by atoms with E-state index in [1.807, 2.05) is 44.2 Å². The van der Waals surface area contributed by atoms with Crippen molar-refractivity contribution in [3.8, 4) is 0 Å². The minimum Gasteiger partial charge on any atom is -0.333 e. The molecule has 0 atom stereocenters. The Bertz CT molecular complexity index is 695. The van der Waals surface area contributed by atoms with Crippen LogP contribution in [0, 0.1) is 0 Å². The summed E-state index contributed by atoms with van der Waals surface area (Å²) in [6.45, 7) is 5.73. The molecule has 0 spiro atoms. The SMILES string of the molecule is CCCN(Cc1ccccc1)C(=O)c1ccc(=O)n(CCC)n1. The minimum absolute atomic E-state index is 0.138. The lowest BCUT2D eigenvalue weighted by Crippen LogP contribution is -2.34. The molecule has 0 N–H and O–H groups in total. The molecule has 0 aliphatic rings. The molecule has 23 heavy (non-hydrogen) atoms. The number of hydrogen-bond donors (Lipinski definition) is 0. The maximum atomic E-state index is 12.8. The molecule has 1 heterocycles. The molecule has 0 radical (unpaired) electrons. The molecular weight excluding hydrogens is 290 g/mol. The van der Waals surface area contributed by atoms with E-state index in [1.54, 1.807) is 4.90 Å². The Kier molecular flexibility index (Phi) is 6.09. The molecule has 2 aromatic rings. The summed E-state index contributed by atoms with van der Waals surface area (Å²) in [6.07, 6.45) is 1.67. The smallest absolute Gasteiger partial charge is 0.274 e. The second kappa shape index (κ2) is 8.27. The molecule has 0 bridgehead atoms. The van der Waals surface area contributed by atoms with Crippen LogP contribution in [-0.4, -0.2) is 27.1 Å². The maximum Gasteiger partial charge on any atom is 0.274 e. The van der Waals surface area contributed by atoms with Crippen molar-refractivity contribution >= 4 is 5.91 Å². The Hall–Kier alpha value is -2.43. The van der Waals surface area contributed by atoms with Gasteiger partial charge in [0.2, 0.25) is 0 Å². The molecular formula is C18H23N3O2. The van der Waals surface area contributed by atoms with Crippen molar-refractivity contribution in [3.05, 3.63) is 64.1 Å². The number of benzene rings is 1. The van der Waals surface area contributed by atoms with E-state index in [0.29, 0.717) is 25.3 Å². The monoisotopic (exact) mass is 313 g/mol. The summed E-state index contributed by atoms with van der Waals surface area (Å²) in [5, 5.41) is 4.22. The van der Waals surface area contributed by atoms with Crippen LogP contribution in [0.1, 0.15) is 42.7 Å². The van der Waals surface area contributed by atoms with Crippen LogP contribution in [0.25, 0.3) is 0 Å². The quantitative estimate of drug-likeness (QED) is 0.790. The largest absolute Gasteiger partial charge is 0.333 e. The van der Waals surface area contributed by atoms with Crippen LogP contribution in [0.3, 0.4) is 0 Å². The van der Waals surface area contributed by atoms with Gasteiger partial charge < -0.3 is 4.90 Å². The van der Waals surface area contributed by atoms with Crippen molar-refractivity contribution in [2.75, 3.05) is 6.54 Å². The summed E-state index contributed by atoms with van der Waals surface area (Å²) in [5.74, 6) is -0.138. The van der Waals surface area contributed by atoms with E-state index in [2.05, 4.69) is 5.10 Å². The summed E-state index contributed by atoms with van der Waals surface area (Å²) in [6, 6.07) is 12.8. The van der Waals surface area contributed by atoms with Crippen LogP contribution in [0.5, 0.6) is 0 Å². The highest BCUT2D eigenvalue weighted by molar-refractivity contribution is 5.92. The summed E-state index contributed by atoms with van der Waals surface area (Å²) < 4.78 is 1.36. The molecule has 1 aromatic heterocycles. The fourth-order valence-corrected chi connectivity index (χ4v) is 2.42. The molecule has 122 valence electrons. The fraction of sp³-hybridized carbons (Fsp3) is 0.389. The molecule has 2 rings (SSSR count). The Morgan fingerprint density at radius 2 is 1.83 bits per heavy atom. The van der Waals surface area contributed by atoms with Gasteiger partial charge in [-0.3, -0.25) is 9.59 Å². The third kappa shape index (κ3) is 4.52. The lowest BCUT2D eigenvalue weighted by Gasteiger charge is -2.22. The molecule has 5 heteroatoms. The van der Waals surface area contributed by atoms with Gasteiger partial charge in [-0.05, 0) is 24.5 Å². The van der Waals surface area contributed by atoms with Crippen LogP contribution >= 0.6 is 0 Å². The minimum atomic E-state index is -0.173. The van der Waals surface area contributed by atoms with Crippen LogP contribution in [0.4, 0.5) is 0 Å². The first-order chi connectivity index (χ1) is 11.2. The number of rotatable bonds is 7. The standard InChI is InChI=1S/C18H23N3O2/c1-3-12-20(14-15-8-6-5-7-9-15)18(23)16-10-11-17(22)21(19-16)13-4-2/h5-11H,3-4,12-14H2,1-2H3. The fourth-order valence-electron chi connectivity index (χ4n) is 2.42. The lowest BCUT2D eigenvalue weighted by atomic mass is 10.2. The zero-order valence-electron chi connectivity index (χ0n) is 13.7. The van der Waals surface area contributed by atoms with Gasteiger partial charge in [-0.25, -0.2) is 4.68 Å². The number of amides is 1. The first kappa shape index (κ1) is 16.9. The van der Waals surface area contributed by atoms with Crippen molar-refractivity contribution in [1.82, 2.24) is 14.7 Å². The van der Waals surface area contributed by atoms with Crippen molar-refractivity contribution in [1.29, 1.82) is 0 Å². The van der Waals surface area contributed by atoms with E-state index >= 15 is 0 Å². The molecule has 0 saturated heterocycles.